The van der Waals surface area contributed by atoms with Gasteiger partial charge in [-0.25, -0.2) is 0 Å². The van der Waals surface area contributed by atoms with Crippen LogP contribution >= 0.6 is 34.7 Å². The quantitative estimate of drug-likeness (QED) is 0.467. The number of nitrogens with one attached hydrogen (secondary N) is 1. The second-order valence-corrected chi connectivity index (χ2v) is 6.92. The molecule has 0 fully saturated rings. The molecule has 0 aliphatic heterocycles. The van der Waals surface area contributed by atoms with Crippen molar-refractivity contribution in [1.82, 2.24) is 0 Å². The summed E-state index contributed by atoms with van der Waals surface area (Å²) in [6.45, 7) is 0. The van der Waals surface area contributed by atoms with Gasteiger partial charge in [0.2, 0.25) is 5.91 Å². The summed E-state index contributed by atoms with van der Waals surface area (Å²) in [5.74, 6) is 0.909. The van der Waals surface area contributed by atoms with E-state index in [-0.39, 0.29) is 5.91 Å². The van der Waals surface area contributed by atoms with Crippen molar-refractivity contribution in [2.45, 2.75) is 17.1 Å². The summed E-state index contributed by atoms with van der Waals surface area (Å²) in [4.78, 5) is 11.8. The van der Waals surface area contributed by atoms with E-state index in [4.69, 9.17) is 17.3 Å². The van der Waals surface area contributed by atoms with Crippen molar-refractivity contribution >= 4 is 52.0 Å². The van der Waals surface area contributed by atoms with Gasteiger partial charge in [-0.05, 0) is 41.8 Å². The second-order valence-electron chi connectivity index (χ2n) is 4.17. The maximum absolute atomic E-state index is 11.8. The molecule has 6 heteroatoms. The van der Waals surface area contributed by atoms with E-state index in [0.717, 1.165) is 12.2 Å². The summed E-state index contributed by atoms with van der Waals surface area (Å²) in [7, 11) is 0. The molecule has 0 aliphatic carbocycles. The first-order chi connectivity index (χ1) is 9.65. The van der Waals surface area contributed by atoms with Crippen LogP contribution in [-0.4, -0.2) is 11.7 Å². The number of carbonyl (C=O) groups is 1. The molecule has 106 valence electrons. The Morgan fingerprint density at radius 3 is 2.95 bits per heavy atom. The Morgan fingerprint density at radius 2 is 2.25 bits per heavy atom. The van der Waals surface area contributed by atoms with E-state index in [0.29, 0.717) is 22.8 Å². The van der Waals surface area contributed by atoms with E-state index < -0.39 is 0 Å². The van der Waals surface area contributed by atoms with Crippen LogP contribution in [0.15, 0.2) is 39.9 Å². The van der Waals surface area contributed by atoms with Crippen molar-refractivity contribution < 1.29 is 4.79 Å². The molecule has 1 heterocycles. The van der Waals surface area contributed by atoms with Crippen LogP contribution in [0, 0.1) is 0 Å². The number of rotatable bonds is 6. The van der Waals surface area contributed by atoms with Gasteiger partial charge in [-0.1, -0.05) is 17.7 Å². The number of benzene rings is 1. The first kappa shape index (κ1) is 15.2. The average Bonchev–Trinajstić information content (AvgIpc) is 2.91. The van der Waals surface area contributed by atoms with Crippen LogP contribution in [0.5, 0.6) is 0 Å². The van der Waals surface area contributed by atoms with Crippen LogP contribution in [-0.2, 0) is 4.79 Å². The Bertz CT molecular complexity index is 573. The topological polar surface area (TPSA) is 55.1 Å². The van der Waals surface area contributed by atoms with Gasteiger partial charge in [-0.2, -0.15) is 0 Å². The lowest BCUT2D eigenvalue weighted by Gasteiger charge is -2.07. The molecule has 3 N–H and O–H groups in total. The van der Waals surface area contributed by atoms with Crippen molar-refractivity contribution in [3.8, 4) is 0 Å². The van der Waals surface area contributed by atoms with Gasteiger partial charge in [0.25, 0.3) is 0 Å². The molecule has 0 saturated heterocycles. The summed E-state index contributed by atoms with van der Waals surface area (Å²) in [5, 5.41) is 5.32. The van der Waals surface area contributed by atoms with Crippen molar-refractivity contribution in [2.75, 3.05) is 16.8 Å². The van der Waals surface area contributed by atoms with Crippen LogP contribution in [0.2, 0.25) is 5.02 Å². The summed E-state index contributed by atoms with van der Waals surface area (Å²) in [5.41, 5.74) is 6.80. The molecule has 2 aromatic rings. The Labute approximate surface area is 131 Å². The standard InChI is InChI=1S/C14H15ClN2OS2/c15-11-9-10(16)5-6-12(11)17-13(18)3-1-7-19-14-4-2-8-20-14/h2,4-6,8-9H,1,3,7,16H2,(H,17,18). The third-order valence-corrected chi connectivity index (χ3v) is 5.08. The fourth-order valence-electron chi connectivity index (χ4n) is 1.60. The highest BCUT2D eigenvalue weighted by Gasteiger charge is 2.06. The van der Waals surface area contributed by atoms with Gasteiger partial charge in [-0.3, -0.25) is 4.79 Å². The minimum atomic E-state index is -0.0246. The molecule has 1 amide bonds. The maximum Gasteiger partial charge on any atom is 0.224 e. The number of carbonyl (C=O) groups excluding carboxylic acids is 1. The van der Waals surface area contributed by atoms with Gasteiger partial charge in [0.15, 0.2) is 0 Å². The van der Waals surface area contributed by atoms with Crippen molar-refractivity contribution in [3.05, 3.63) is 40.7 Å². The zero-order valence-electron chi connectivity index (χ0n) is 10.8. The van der Waals surface area contributed by atoms with Gasteiger partial charge in [-0.15, -0.1) is 23.1 Å². The molecule has 0 unspecified atom stereocenters. The number of nitrogens with two attached hydrogens (primary N) is 1. The molecule has 0 atom stereocenters. The second kappa shape index (κ2) is 7.57. The van der Waals surface area contributed by atoms with E-state index in [1.165, 1.54) is 4.21 Å². The van der Waals surface area contributed by atoms with E-state index in [2.05, 4.69) is 16.8 Å². The fraction of sp³-hybridized carbons (Fsp3) is 0.214. The van der Waals surface area contributed by atoms with Crippen molar-refractivity contribution in [2.24, 2.45) is 0 Å². The Hall–Kier alpha value is -1.17. The first-order valence-electron chi connectivity index (χ1n) is 6.16. The average molecular weight is 327 g/mol. The lowest BCUT2D eigenvalue weighted by atomic mass is 10.2. The Morgan fingerprint density at radius 1 is 1.40 bits per heavy atom. The summed E-state index contributed by atoms with van der Waals surface area (Å²) in [6.07, 6.45) is 1.32. The van der Waals surface area contributed by atoms with Crippen LogP contribution in [0.1, 0.15) is 12.8 Å². The van der Waals surface area contributed by atoms with Gasteiger partial charge in [0.1, 0.15) is 0 Å². The number of hydrogen-bond donors (Lipinski definition) is 2. The smallest absolute Gasteiger partial charge is 0.224 e. The highest BCUT2D eigenvalue weighted by Crippen LogP contribution is 2.25. The predicted molar refractivity (Wildman–Crippen MR) is 88.8 cm³/mol. The molecule has 0 radical (unpaired) electrons. The highest BCUT2D eigenvalue weighted by molar-refractivity contribution is 8.01. The molecule has 2 rings (SSSR count). The molecule has 0 bridgehead atoms. The van der Waals surface area contributed by atoms with Gasteiger partial charge in [0, 0.05) is 12.1 Å². The number of hydrogen-bond acceptors (Lipinski definition) is 4. The van der Waals surface area contributed by atoms with Crippen LogP contribution in [0.4, 0.5) is 11.4 Å². The number of anilines is 2. The Kier molecular flexibility index (Phi) is 5.76. The number of halogens is 1. The minimum Gasteiger partial charge on any atom is -0.399 e. The third kappa shape index (κ3) is 4.74. The van der Waals surface area contributed by atoms with E-state index in [1.807, 2.05) is 6.07 Å². The van der Waals surface area contributed by atoms with Crippen LogP contribution in [0.25, 0.3) is 0 Å². The van der Waals surface area contributed by atoms with Gasteiger partial charge < -0.3 is 11.1 Å². The predicted octanol–water partition coefficient (Wildman–Crippen LogP) is 4.49. The first-order valence-corrected chi connectivity index (χ1v) is 8.40. The van der Waals surface area contributed by atoms with E-state index in [9.17, 15) is 4.79 Å². The highest BCUT2D eigenvalue weighted by atomic mass is 35.5. The lowest BCUT2D eigenvalue weighted by molar-refractivity contribution is -0.116. The number of amides is 1. The number of thiophene rings is 1. The molecule has 20 heavy (non-hydrogen) atoms. The molecule has 0 aliphatic rings. The monoisotopic (exact) mass is 326 g/mol. The third-order valence-electron chi connectivity index (χ3n) is 2.55. The summed E-state index contributed by atoms with van der Waals surface area (Å²) in [6, 6.07) is 9.18. The van der Waals surface area contributed by atoms with Gasteiger partial charge >= 0.3 is 0 Å². The normalized spacial score (nSPS) is 10.4. The molecular weight excluding hydrogens is 312 g/mol. The summed E-state index contributed by atoms with van der Waals surface area (Å²) < 4.78 is 1.28. The number of nitrogen functional groups attached to an aromatic ring is 1. The SMILES string of the molecule is Nc1ccc(NC(=O)CCCSc2cccs2)c(Cl)c1. The van der Waals surface area contributed by atoms with E-state index in [1.54, 1.807) is 41.3 Å². The number of thioether (sulfide) groups is 1. The molecule has 0 spiro atoms. The van der Waals surface area contributed by atoms with Crippen LogP contribution < -0.4 is 11.1 Å². The van der Waals surface area contributed by atoms with E-state index >= 15 is 0 Å². The summed E-state index contributed by atoms with van der Waals surface area (Å²) >= 11 is 9.50. The fourth-order valence-corrected chi connectivity index (χ4v) is 3.63. The maximum atomic E-state index is 11.8. The molecule has 0 saturated carbocycles. The van der Waals surface area contributed by atoms with Crippen LogP contribution in [0.3, 0.4) is 0 Å². The largest absolute Gasteiger partial charge is 0.399 e. The zero-order chi connectivity index (χ0) is 14.4. The zero-order valence-corrected chi connectivity index (χ0v) is 13.2. The minimum absolute atomic E-state index is 0.0246. The lowest BCUT2D eigenvalue weighted by Crippen LogP contribution is -2.11. The molecule has 3 nitrogen and oxygen atoms in total. The molecular formula is C14H15ClN2OS2. The molecule has 1 aromatic heterocycles. The Balaban J connectivity index is 1.72. The van der Waals surface area contributed by atoms with Crippen molar-refractivity contribution in [3.63, 3.8) is 0 Å². The van der Waals surface area contributed by atoms with Crippen molar-refractivity contribution in [1.29, 1.82) is 0 Å². The van der Waals surface area contributed by atoms with Gasteiger partial charge in [0.05, 0.1) is 14.9 Å². The molecule has 1 aromatic carbocycles.